The van der Waals surface area contributed by atoms with Crippen LogP contribution in [-0.4, -0.2) is 61.5 Å². The van der Waals surface area contributed by atoms with Crippen LogP contribution in [-0.2, 0) is 26.3 Å². The number of hydrogen-bond acceptors (Lipinski definition) is 5. The Balaban J connectivity index is 1.70. The van der Waals surface area contributed by atoms with Gasteiger partial charge < -0.3 is 25.2 Å². The molecule has 1 aliphatic carbocycles. The molecule has 1 saturated carbocycles. The average molecular weight is 529 g/mol. The molecule has 1 unspecified atom stereocenters. The summed E-state index contributed by atoms with van der Waals surface area (Å²) in [6, 6.07) is 14.1. The minimum atomic E-state index is -1.33. The van der Waals surface area contributed by atoms with Gasteiger partial charge in [-0.25, -0.2) is 0 Å². The number of aryl methyl sites for hydroxylation is 1. The van der Waals surface area contributed by atoms with E-state index in [9.17, 15) is 9.90 Å². The van der Waals surface area contributed by atoms with E-state index in [1.807, 2.05) is 35.2 Å². The highest BCUT2D eigenvalue weighted by molar-refractivity contribution is 6.33. The van der Waals surface area contributed by atoms with Crippen molar-refractivity contribution in [2.45, 2.75) is 69.6 Å². The van der Waals surface area contributed by atoms with Crippen LogP contribution >= 0.6 is 11.6 Å². The Morgan fingerprint density at radius 3 is 2.78 bits per heavy atom. The summed E-state index contributed by atoms with van der Waals surface area (Å²) in [5, 5.41) is 13.1. The summed E-state index contributed by atoms with van der Waals surface area (Å²) in [4.78, 5) is 15.2. The second-order valence-corrected chi connectivity index (χ2v) is 10.9. The summed E-state index contributed by atoms with van der Waals surface area (Å²) in [7, 11) is 1.69. The van der Waals surface area contributed by atoms with E-state index in [2.05, 4.69) is 19.1 Å². The van der Waals surface area contributed by atoms with E-state index in [1.165, 1.54) is 5.56 Å². The molecular weight excluding hydrogens is 488 g/mol. The zero-order valence-corrected chi connectivity index (χ0v) is 22.9. The summed E-state index contributed by atoms with van der Waals surface area (Å²) in [6.45, 7) is 4.00. The maximum atomic E-state index is 13.4. The Morgan fingerprint density at radius 1 is 1.24 bits per heavy atom. The van der Waals surface area contributed by atoms with E-state index in [-0.39, 0.29) is 17.9 Å². The minimum absolute atomic E-state index is 0.0398. The second kappa shape index (κ2) is 12.7. The van der Waals surface area contributed by atoms with Crippen molar-refractivity contribution in [1.82, 2.24) is 4.90 Å². The van der Waals surface area contributed by atoms with Gasteiger partial charge in [-0.15, -0.1) is 0 Å². The van der Waals surface area contributed by atoms with Gasteiger partial charge in [0.15, 0.2) is 0 Å². The maximum Gasteiger partial charge on any atom is 0.225 e. The smallest absolute Gasteiger partial charge is 0.225 e. The normalized spacial score (nSPS) is 23.7. The quantitative estimate of drug-likeness (QED) is 0.427. The molecule has 4 atom stereocenters. The predicted molar refractivity (Wildman–Crippen MR) is 148 cm³/mol. The fraction of sp³-hybridized carbons (Fsp3) is 0.567. The number of ether oxygens (including phenoxy) is 2. The topological polar surface area (TPSA) is 85.0 Å². The summed E-state index contributed by atoms with van der Waals surface area (Å²) in [5.41, 5.74) is 8.50. The minimum Gasteiger partial charge on any atom is -0.385 e. The highest BCUT2D eigenvalue weighted by Gasteiger charge is 2.45. The van der Waals surface area contributed by atoms with E-state index in [0.29, 0.717) is 37.7 Å². The predicted octanol–water partition coefficient (Wildman–Crippen LogP) is 4.93. The average Bonchev–Trinajstić information content (AvgIpc) is 3.36. The maximum absolute atomic E-state index is 13.4. The van der Waals surface area contributed by atoms with Crippen molar-refractivity contribution < 1.29 is 19.4 Å². The van der Waals surface area contributed by atoms with Gasteiger partial charge in [-0.05, 0) is 67.7 Å². The van der Waals surface area contributed by atoms with Crippen LogP contribution in [0.3, 0.4) is 0 Å². The number of nitrogens with zero attached hydrogens (tertiary/aromatic N) is 1. The molecule has 0 radical (unpaired) electrons. The summed E-state index contributed by atoms with van der Waals surface area (Å²) < 4.78 is 11.5. The number of hydrogen-bond donors (Lipinski definition) is 2. The molecule has 202 valence electrons. The highest BCUT2D eigenvalue weighted by atomic mass is 35.5. The number of carbonyl (C=O) groups is 1. The third-order valence-electron chi connectivity index (χ3n) is 7.99. The number of unbranched alkanes of at least 4 members (excludes halogenated alkanes) is 1. The lowest BCUT2D eigenvalue weighted by Crippen LogP contribution is -2.55. The lowest BCUT2D eigenvalue weighted by Gasteiger charge is -2.44. The fourth-order valence-electron chi connectivity index (χ4n) is 5.87. The van der Waals surface area contributed by atoms with Gasteiger partial charge in [0.05, 0.1) is 13.2 Å². The van der Waals surface area contributed by atoms with Crippen molar-refractivity contribution in [2.24, 2.45) is 11.7 Å². The number of amides is 1. The number of aliphatic hydroxyl groups is 1. The molecule has 2 aromatic carbocycles. The van der Waals surface area contributed by atoms with E-state index < -0.39 is 11.7 Å². The van der Waals surface area contributed by atoms with E-state index in [1.54, 1.807) is 7.11 Å². The molecule has 1 saturated heterocycles. The molecule has 6 nitrogen and oxygen atoms in total. The number of morpholine rings is 1. The fourth-order valence-corrected chi connectivity index (χ4v) is 6.16. The van der Waals surface area contributed by atoms with Crippen LogP contribution in [0.5, 0.6) is 0 Å². The Kier molecular flexibility index (Phi) is 9.65. The van der Waals surface area contributed by atoms with E-state index in [4.69, 9.17) is 26.8 Å². The first-order valence-corrected chi connectivity index (χ1v) is 14.0. The lowest BCUT2D eigenvalue weighted by molar-refractivity contribution is -0.167. The van der Waals surface area contributed by atoms with Crippen LogP contribution in [0.4, 0.5) is 0 Å². The first kappa shape index (κ1) is 28.1. The molecule has 1 amide bonds. The Bertz CT molecular complexity index is 1060. The Hall–Kier alpha value is -1.96. The van der Waals surface area contributed by atoms with Crippen molar-refractivity contribution in [3.05, 3.63) is 58.6 Å². The number of rotatable bonds is 10. The van der Waals surface area contributed by atoms with Crippen LogP contribution in [0.25, 0.3) is 11.1 Å². The van der Waals surface area contributed by atoms with Crippen molar-refractivity contribution >= 4 is 17.5 Å². The molecule has 2 aliphatic rings. The first-order valence-electron chi connectivity index (χ1n) is 13.6. The summed E-state index contributed by atoms with van der Waals surface area (Å²) in [6.07, 6.45) is 4.81. The number of halogens is 1. The van der Waals surface area contributed by atoms with Crippen molar-refractivity contribution in [3.8, 4) is 11.1 Å². The molecule has 7 heteroatoms. The Morgan fingerprint density at radius 2 is 2.05 bits per heavy atom. The van der Waals surface area contributed by atoms with Gasteiger partial charge in [-0.1, -0.05) is 54.9 Å². The summed E-state index contributed by atoms with van der Waals surface area (Å²) >= 11 is 6.82. The van der Waals surface area contributed by atoms with Crippen LogP contribution in [0.15, 0.2) is 42.5 Å². The lowest BCUT2D eigenvalue weighted by atomic mass is 9.78. The van der Waals surface area contributed by atoms with E-state index in [0.717, 1.165) is 55.2 Å². The van der Waals surface area contributed by atoms with Crippen LogP contribution in [0.1, 0.15) is 56.6 Å². The molecule has 4 rings (SSSR count). The molecule has 1 heterocycles. The third-order valence-corrected chi connectivity index (χ3v) is 8.31. The van der Waals surface area contributed by atoms with Gasteiger partial charge in [-0.2, -0.15) is 0 Å². The molecule has 0 spiro atoms. The zero-order valence-electron chi connectivity index (χ0n) is 22.1. The molecule has 0 aromatic heterocycles. The number of nitrogens with two attached hydrogens (primary N) is 1. The SMILES string of the molecule is CCc1cccc(-c2c(Cl)cccc2C(O)(CCCCOC)[C@H]2CN(C(=O)[C@@H]3CC[C@H](N)C3)CCO2)c1. The number of benzene rings is 2. The van der Waals surface area contributed by atoms with Gasteiger partial charge in [0, 0.05) is 42.8 Å². The molecule has 1 aliphatic heterocycles. The number of carbonyl (C=O) groups excluding carboxylic acids is 1. The Labute approximate surface area is 226 Å². The van der Waals surface area contributed by atoms with Crippen LogP contribution in [0, 0.1) is 5.92 Å². The standard InChI is InChI=1S/C30H41ClN2O4/c1-3-21-8-6-9-22(18-21)28-25(10-7-11-26(28)31)30(35,14-4-5-16-36-2)27-20-33(15-17-37-27)29(34)23-12-13-24(32)19-23/h6-11,18,23-24,27,35H,3-5,12-17,19-20,32H2,1-2H3/t23-,24+,27-,30?/m1/s1. The largest absolute Gasteiger partial charge is 0.385 e. The molecule has 2 aromatic rings. The van der Waals surface area contributed by atoms with Crippen LogP contribution in [0.2, 0.25) is 5.02 Å². The molecule has 3 N–H and O–H groups in total. The molecule has 37 heavy (non-hydrogen) atoms. The second-order valence-electron chi connectivity index (χ2n) is 10.5. The van der Waals surface area contributed by atoms with Gasteiger partial charge in [0.2, 0.25) is 5.91 Å². The number of methoxy groups -OCH3 is 1. The monoisotopic (exact) mass is 528 g/mol. The van der Waals surface area contributed by atoms with Gasteiger partial charge >= 0.3 is 0 Å². The van der Waals surface area contributed by atoms with Crippen molar-refractivity contribution in [3.63, 3.8) is 0 Å². The molecular formula is C30H41ClN2O4. The van der Waals surface area contributed by atoms with Crippen LogP contribution < -0.4 is 5.73 Å². The van der Waals surface area contributed by atoms with Crippen molar-refractivity contribution in [1.29, 1.82) is 0 Å². The van der Waals surface area contributed by atoms with Gasteiger partial charge in [-0.3, -0.25) is 4.79 Å². The zero-order chi connectivity index (χ0) is 26.4. The molecule has 2 fully saturated rings. The highest BCUT2D eigenvalue weighted by Crippen LogP contribution is 2.43. The molecule has 0 bridgehead atoms. The summed E-state index contributed by atoms with van der Waals surface area (Å²) in [5.74, 6) is 0.0898. The van der Waals surface area contributed by atoms with Gasteiger partial charge in [0.25, 0.3) is 0 Å². The van der Waals surface area contributed by atoms with E-state index >= 15 is 0 Å². The van der Waals surface area contributed by atoms with Gasteiger partial charge in [0.1, 0.15) is 11.7 Å². The third kappa shape index (κ3) is 6.37. The first-order chi connectivity index (χ1) is 17.9. The van der Waals surface area contributed by atoms with Crippen molar-refractivity contribution in [2.75, 3.05) is 33.4 Å².